The van der Waals surface area contributed by atoms with Crippen LogP contribution in [0.2, 0.25) is 0 Å². The van der Waals surface area contributed by atoms with Crippen LogP contribution in [0.25, 0.3) is 0 Å². The van der Waals surface area contributed by atoms with E-state index >= 15 is 0 Å². The Bertz CT molecular complexity index is 1300. The number of methoxy groups -OCH3 is 3. The second kappa shape index (κ2) is 11.1. The molecule has 3 aromatic rings. The molecule has 1 aliphatic carbocycles. The summed E-state index contributed by atoms with van der Waals surface area (Å²) in [6, 6.07) is 20.8. The van der Waals surface area contributed by atoms with Gasteiger partial charge >= 0.3 is 0 Å². The van der Waals surface area contributed by atoms with E-state index in [9.17, 15) is 0 Å². The van der Waals surface area contributed by atoms with Gasteiger partial charge in [-0.1, -0.05) is 54.4 Å². The van der Waals surface area contributed by atoms with Gasteiger partial charge in [0.25, 0.3) is 0 Å². The van der Waals surface area contributed by atoms with Gasteiger partial charge in [0, 0.05) is 17.0 Å². The van der Waals surface area contributed by atoms with E-state index in [2.05, 4.69) is 41.6 Å². The highest BCUT2D eigenvalue weighted by molar-refractivity contribution is 6.15. The van der Waals surface area contributed by atoms with Crippen LogP contribution in [0.4, 0.5) is 0 Å². The minimum atomic E-state index is 0.309. The predicted octanol–water partition coefficient (Wildman–Crippen LogP) is 6.53. The van der Waals surface area contributed by atoms with Crippen molar-refractivity contribution >= 4 is 11.4 Å². The molecule has 192 valence electrons. The third-order valence-corrected chi connectivity index (χ3v) is 7.40. The molecule has 0 saturated heterocycles. The molecule has 1 aliphatic heterocycles. The van der Waals surface area contributed by atoms with Crippen LogP contribution >= 0.6 is 0 Å². The lowest BCUT2D eigenvalue weighted by atomic mass is 9.75. The summed E-state index contributed by atoms with van der Waals surface area (Å²) in [7, 11) is 5.04. The molecule has 1 heterocycles. The minimum absolute atomic E-state index is 0.309. The van der Waals surface area contributed by atoms with E-state index in [1.807, 2.05) is 31.2 Å². The van der Waals surface area contributed by atoms with Crippen LogP contribution in [0.5, 0.6) is 17.2 Å². The van der Waals surface area contributed by atoms with Crippen LogP contribution in [-0.4, -0.2) is 38.8 Å². The predicted molar refractivity (Wildman–Crippen MR) is 147 cm³/mol. The lowest BCUT2D eigenvalue weighted by molar-refractivity contribution is 0.130. The van der Waals surface area contributed by atoms with E-state index in [0.717, 1.165) is 63.8 Å². The molecule has 0 spiro atoms. The molecule has 0 unspecified atom stereocenters. The normalized spacial score (nSPS) is 18.8. The van der Waals surface area contributed by atoms with Crippen LogP contribution < -0.4 is 14.2 Å². The Kier molecular flexibility index (Phi) is 7.45. The lowest BCUT2D eigenvalue weighted by Crippen LogP contribution is -2.29. The molecule has 5 rings (SSSR count). The average Bonchev–Trinajstić information content (AvgIpc) is 2.96. The molecule has 37 heavy (non-hydrogen) atoms. The molecular formula is C31H34N2O4. The number of hydrogen-bond donors (Lipinski definition) is 0. The number of fused-ring (bicyclic) bond motifs is 3. The first-order chi connectivity index (χ1) is 18.1. The maximum Gasteiger partial charge on any atom is 0.161 e. The molecule has 0 N–H and O–H groups in total. The summed E-state index contributed by atoms with van der Waals surface area (Å²) >= 11 is 0. The van der Waals surface area contributed by atoms with Crippen LogP contribution in [-0.2, 0) is 11.4 Å². The SMILES string of the molecule is COc1ccc(CON=C(C)c2ccc(C3=N[C@@H]4CCCC[C@@H]4c4cc(OC)c(OC)cc43)cc2)cc1. The van der Waals surface area contributed by atoms with Crippen LogP contribution in [0.1, 0.15) is 66.3 Å². The quantitative estimate of drug-likeness (QED) is 0.262. The summed E-state index contributed by atoms with van der Waals surface area (Å²) in [4.78, 5) is 10.9. The first kappa shape index (κ1) is 24.9. The Hall–Kier alpha value is -3.80. The third-order valence-electron chi connectivity index (χ3n) is 7.40. The van der Waals surface area contributed by atoms with Crippen LogP contribution in [0.3, 0.4) is 0 Å². The summed E-state index contributed by atoms with van der Waals surface area (Å²) in [5.41, 5.74) is 7.45. The molecule has 2 aliphatic rings. The zero-order valence-corrected chi connectivity index (χ0v) is 22.0. The van der Waals surface area contributed by atoms with E-state index in [1.165, 1.54) is 18.4 Å². The molecule has 0 bridgehead atoms. The molecule has 1 saturated carbocycles. The number of oxime groups is 1. The van der Waals surface area contributed by atoms with E-state index in [4.69, 9.17) is 24.0 Å². The first-order valence-electron chi connectivity index (χ1n) is 12.9. The Morgan fingerprint density at radius 3 is 2.27 bits per heavy atom. The van der Waals surface area contributed by atoms with Crippen molar-refractivity contribution in [1.82, 2.24) is 0 Å². The van der Waals surface area contributed by atoms with Gasteiger partial charge < -0.3 is 19.0 Å². The molecule has 6 heteroatoms. The van der Waals surface area contributed by atoms with Crippen molar-refractivity contribution < 1.29 is 19.0 Å². The van der Waals surface area contributed by atoms with Gasteiger partial charge in [-0.3, -0.25) is 4.99 Å². The maximum atomic E-state index is 5.64. The fourth-order valence-electron chi connectivity index (χ4n) is 5.35. The van der Waals surface area contributed by atoms with Gasteiger partial charge in [0.1, 0.15) is 12.4 Å². The van der Waals surface area contributed by atoms with Gasteiger partial charge in [-0.25, -0.2) is 0 Å². The summed E-state index contributed by atoms with van der Waals surface area (Å²) in [5, 5.41) is 4.33. The summed E-state index contributed by atoms with van der Waals surface area (Å²) in [5.74, 6) is 2.77. The monoisotopic (exact) mass is 498 g/mol. The number of nitrogens with zero attached hydrogens (tertiary/aromatic N) is 2. The molecule has 2 atom stereocenters. The number of hydrogen-bond acceptors (Lipinski definition) is 6. The van der Waals surface area contributed by atoms with Crippen molar-refractivity contribution in [3.63, 3.8) is 0 Å². The van der Waals surface area contributed by atoms with Crippen molar-refractivity contribution in [3.8, 4) is 17.2 Å². The number of benzene rings is 3. The van der Waals surface area contributed by atoms with E-state index in [1.54, 1.807) is 21.3 Å². The molecule has 0 radical (unpaired) electrons. The van der Waals surface area contributed by atoms with Gasteiger partial charge in [0.05, 0.1) is 38.8 Å². The Morgan fingerprint density at radius 1 is 0.865 bits per heavy atom. The zero-order chi connectivity index (χ0) is 25.8. The molecule has 1 fully saturated rings. The van der Waals surface area contributed by atoms with Crippen molar-refractivity contribution in [3.05, 3.63) is 88.5 Å². The van der Waals surface area contributed by atoms with Gasteiger partial charge in [-0.2, -0.15) is 0 Å². The molecular weight excluding hydrogens is 464 g/mol. The summed E-state index contributed by atoms with van der Waals surface area (Å²) in [6.45, 7) is 2.36. The fraction of sp³-hybridized carbons (Fsp3) is 0.355. The summed E-state index contributed by atoms with van der Waals surface area (Å²) < 4.78 is 16.5. The molecule has 0 aromatic heterocycles. The van der Waals surface area contributed by atoms with Crippen molar-refractivity contribution in [2.45, 2.75) is 51.2 Å². The van der Waals surface area contributed by atoms with E-state index < -0.39 is 0 Å². The maximum absolute atomic E-state index is 5.64. The van der Waals surface area contributed by atoms with Gasteiger partial charge in [-0.05, 0) is 60.7 Å². The number of aliphatic imine (C=N–C) groups is 1. The highest BCUT2D eigenvalue weighted by Gasteiger charge is 2.34. The average molecular weight is 499 g/mol. The number of rotatable bonds is 8. The third kappa shape index (κ3) is 5.19. The van der Waals surface area contributed by atoms with Crippen molar-refractivity contribution in [1.29, 1.82) is 0 Å². The topological polar surface area (TPSA) is 61.6 Å². The highest BCUT2D eigenvalue weighted by Crippen LogP contribution is 2.44. The Labute approximate surface area is 218 Å². The standard InChI is InChI=1S/C31H34N2O4/c1-20(33-37-19-21-9-15-24(34-2)16-10-21)22-11-13-23(14-12-22)31-27-18-30(36-4)29(35-3)17-26(27)25-7-5-6-8-28(25)32-31/h9-18,25,28H,5-8,19H2,1-4H3/t25-,28-/m1/s1. The van der Waals surface area contributed by atoms with Gasteiger partial charge in [-0.15, -0.1) is 0 Å². The van der Waals surface area contributed by atoms with E-state index in [0.29, 0.717) is 18.6 Å². The van der Waals surface area contributed by atoms with Crippen LogP contribution in [0.15, 0.2) is 70.8 Å². The first-order valence-corrected chi connectivity index (χ1v) is 12.9. The Morgan fingerprint density at radius 2 is 1.57 bits per heavy atom. The highest BCUT2D eigenvalue weighted by atomic mass is 16.6. The molecule has 0 amide bonds. The second-order valence-electron chi connectivity index (χ2n) is 9.61. The Balaban J connectivity index is 1.38. The fourth-order valence-corrected chi connectivity index (χ4v) is 5.35. The molecule has 3 aromatic carbocycles. The van der Waals surface area contributed by atoms with Gasteiger partial charge in [0.15, 0.2) is 11.5 Å². The largest absolute Gasteiger partial charge is 0.497 e. The van der Waals surface area contributed by atoms with E-state index in [-0.39, 0.29) is 0 Å². The second-order valence-corrected chi connectivity index (χ2v) is 9.61. The zero-order valence-electron chi connectivity index (χ0n) is 22.0. The van der Waals surface area contributed by atoms with Crippen LogP contribution in [0, 0.1) is 0 Å². The van der Waals surface area contributed by atoms with Crippen molar-refractivity contribution in [2.24, 2.45) is 10.1 Å². The lowest BCUT2D eigenvalue weighted by Gasteiger charge is -2.35. The van der Waals surface area contributed by atoms with Gasteiger partial charge in [0.2, 0.25) is 0 Å². The smallest absolute Gasteiger partial charge is 0.161 e. The van der Waals surface area contributed by atoms with Crippen molar-refractivity contribution in [2.75, 3.05) is 21.3 Å². The molecule has 6 nitrogen and oxygen atoms in total. The summed E-state index contributed by atoms with van der Waals surface area (Å²) in [6.07, 6.45) is 4.76. The minimum Gasteiger partial charge on any atom is -0.497 e. The number of ether oxygens (including phenoxy) is 3.